The first-order valence-electron chi connectivity index (χ1n) is 6.29. The Morgan fingerprint density at radius 3 is 2.58 bits per heavy atom. The van der Waals surface area contributed by atoms with Gasteiger partial charge in [0.25, 0.3) is 0 Å². The molecule has 0 fully saturated rings. The number of aromatic nitrogens is 2. The van der Waals surface area contributed by atoms with Crippen LogP contribution in [0.2, 0.25) is 0 Å². The van der Waals surface area contributed by atoms with Crippen molar-refractivity contribution in [2.45, 2.75) is 6.54 Å². The highest BCUT2D eigenvalue weighted by Crippen LogP contribution is 2.22. The van der Waals surface area contributed by atoms with Gasteiger partial charge < -0.3 is 10.3 Å². The summed E-state index contributed by atoms with van der Waals surface area (Å²) in [5.41, 5.74) is 3.53. The van der Waals surface area contributed by atoms with E-state index in [1.807, 2.05) is 12.3 Å². The lowest BCUT2D eigenvalue weighted by Crippen LogP contribution is -2.00. The normalized spacial score (nSPS) is 10.3. The van der Waals surface area contributed by atoms with Gasteiger partial charge in [0.2, 0.25) is 0 Å². The van der Waals surface area contributed by atoms with E-state index in [2.05, 4.69) is 63.8 Å². The molecule has 0 amide bonds. The molecule has 0 aliphatic carbocycles. The number of anilines is 1. The van der Waals surface area contributed by atoms with Crippen LogP contribution in [0.4, 0.5) is 5.69 Å². The minimum atomic E-state index is 0.700. The summed E-state index contributed by atoms with van der Waals surface area (Å²) in [6.07, 6.45) is 3.59. The summed E-state index contributed by atoms with van der Waals surface area (Å²) < 4.78 is 0. The van der Waals surface area contributed by atoms with Crippen LogP contribution in [0.3, 0.4) is 0 Å². The van der Waals surface area contributed by atoms with E-state index in [4.69, 9.17) is 0 Å². The number of rotatable bonds is 4. The Morgan fingerprint density at radius 1 is 0.947 bits per heavy atom. The van der Waals surface area contributed by atoms with Crippen molar-refractivity contribution in [2.75, 3.05) is 5.32 Å². The minimum Gasteiger partial charge on any atom is -0.378 e. The number of hydrogen-bond donors (Lipinski definition) is 2. The fourth-order valence-electron chi connectivity index (χ4n) is 2.02. The van der Waals surface area contributed by atoms with E-state index in [1.54, 1.807) is 6.20 Å². The van der Waals surface area contributed by atoms with E-state index < -0.39 is 0 Å². The summed E-state index contributed by atoms with van der Waals surface area (Å²) in [6.45, 7) is 0.700. The van der Waals surface area contributed by atoms with Gasteiger partial charge in [-0.05, 0) is 23.3 Å². The summed E-state index contributed by atoms with van der Waals surface area (Å²) in [5.74, 6) is 0.935. The second kappa shape index (κ2) is 5.40. The first kappa shape index (κ1) is 11.5. The van der Waals surface area contributed by atoms with E-state index in [-0.39, 0.29) is 0 Å². The SMILES string of the molecule is c1ccc(-c2cccc(NCc3ncc[nH]3)c2)cc1. The molecule has 0 spiro atoms. The van der Waals surface area contributed by atoms with E-state index in [1.165, 1.54) is 11.1 Å². The molecule has 3 rings (SSSR count). The fraction of sp³-hybridized carbons (Fsp3) is 0.0625. The summed E-state index contributed by atoms with van der Waals surface area (Å²) in [7, 11) is 0. The van der Waals surface area contributed by atoms with Gasteiger partial charge in [-0.15, -0.1) is 0 Å². The molecule has 0 saturated carbocycles. The van der Waals surface area contributed by atoms with Gasteiger partial charge in [-0.1, -0.05) is 42.5 Å². The third-order valence-electron chi connectivity index (χ3n) is 2.98. The van der Waals surface area contributed by atoms with Gasteiger partial charge in [0.15, 0.2) is 0 Å². The molecule has 0 bridgehead atoms. The van der Waals surface area contributed by atoms with Crippen LogP contribution in [0.25, 0.3) is 11.1 Å². The van der Waals surface area contributed by atoms with Gasteiger partial charge in [0.1, 0.15) is 5.82 Å². The van der Waals surface area contributed by atoms with Crippen molar-refractivity contribution in [2.24, 2.45) is 0 Å². The number of imidazole rings is 1. The number of aromatic amines is 1. The zero-order chi connectivity index (χ0) is 12.9. The number of nitrogens with zero attached hydrogens (tertiary/aromatic N) is 1. The molecule has 19 heavy (non-hydrogen) atoms. The van der Waals surface area contributed by atoms with Crippen molar-refractivity contribution in [1.82, 2.24) is 9.97 Å². The molecular weight excluding hydrogens is 234 g/mol. The molecule has 3 heteroatoms. The Kier molecular flexibility index (Phi) is 3.28. The lowest BCUT2D eigenvalue weighted by molar-refractivity contribution is 1.00. The number of nitrogens with one attached hydrogen (secondary N) is 2. The highest BCUT2D eigenvalue weighted by molar-refractivity contribution is 5.67. The van der Waals surface area contributed by atoms with Crippen molar-refractivity contribution in [1.29, 1.82) is 0 Å². The van der Waals surface area contributed by atoms with E-state index in [0.29, 0.717) is 6.54 Å². The topological polar surface area (TPSA) is 40.7 Å². The molecule has 0 saturated heterocycles. The molecule has 2 N–H and O–H groups in total. The van der Waals surface area contributed by atoms with E-state index >= 15 is 0 Å². The standard InChI is InChI=1S/C16H15N3/c1-2-5-13(6-3-1)14-7-4-8-15(11-14)19-12-16-17-9-10-18-16/h1-11,19H,12H2,(H,17,18). The van der Waals surface area contributed by atoms with Gasteiger partial charge >= 0.3 is 0 Å². The van der Waals surface area contributed by atoms with Crippen molar-refractivity contribution in [3.63, 3.8) is 0 Å². The molecule has 1 heterocycles. The minimum absolute atomic E-state index is 0.700. The van der Waals surface area contributed by atoms with Crippen LogP contribution in [-0.4, -0.2) is 9.97 Å². The lowest BCUT2D eigenvalue weighted by atomic mass is 10.1. The van der Waals surface area contributed by atoms with Crippen LogP contribution in [0, 0.1) is 0 Å². The van der Waals surface area contributed by atoms with Crippen molar-refractivity contribution < 1.29 is 0 Å². The highest BCUT2D eigenvalue weighted by atomic mass is 15.0. The Bertz CT molecular complexity index is 630. The van der Waals surface area contributed by atoms with Crippen LogP contribution >= 0.6 is 0 Å². The van der Waals surface area contributed by atoms with Gasteiger partial charge in [0, 0.05) is 18.1 Å². The average molecular weight is 249 g/mol. The van der Waals surface area contributed by atoms with Crippen LogP contribution in [0.15, 0.2) is 67.0 Å². The summed E-state index contributed by atoms with van der Waals surface area (Å²) in [6, 6.07) is 18.8. The maximum atomic E-state index is 4.19. The fourth-order valence-corrected chi connectivity index (χ4v) is 2.02. The first-order chi connectivity index (χ1) is 9.42. The van der Waals surface area contributed by atoms with Crippen molar-refractivity contribution >= 4 is 5.69 Å². The zero-order valence-electron chi connectivity index (χ0n) is 10.5. The van der Waals surface area contributed by atoms with Gasteiger partial charge in [-0.2, -0.15) is 0 Å². The molecule has 3 aromatic rings. The molecule has 0 aliphatic heterocycles. The first-order valence-corrected chi connectivity index (χ1v) is 6.29. The Hall–Kier alpha value is -2.55. The Labute approximate surface area is 112 Å². The lowest BCUT2D eigenvalue weighted by Gasteiger charge is -2.07. The largest absolute Gasteiger partial charge is 0.378 e. The molecule has 0 aliphatic rings. The molecule has 0 radical (unpaired) electrons. The Balaban J connectivity index is 1.77. The molecule has 3 nitrogen and oxygen atoms in total. The quantitative estimate of drug-likeness (QED) is 0.740. The van der Waals surface area contributed by atoms with Crippen LogP contribution in [-0.2, 0) is 6.54 Å². The summed E-state index contributed by atoms with van der Waals surface area (Å²) in [4.78, 5) is 7.27. The average Bonchev–Trinajstić information content (AvgIpc) is 3.00. The second-order valence-electron chi connectivity index (χ2n) is 4.34. The third kappa shape index (κ3) is 2.83. The predicted molar refractivity (Wildman–Crippen MR) is 77.8 cm³/mol. The zero-order valence-corrected chi connectivity index (χ0v) is 10.5. The van der Waals surface area contributed by atoms with Crippen LogP contribution in [0.5, 0.6) is 0 Å². The van der Waals surface area contributed by atoms with E-state index in [0.717, 1.165) is 11.5 Å². The van der Waals surface area contributed by atoms with Gasteiger partial charge in [-0.3, -0.25) is 0 Å². The number of benzene rings is 2. The maximum absolute atomic E-state index is 4.19. The molecular formula is C16H15N3. The van der Waals surface area contributed by atoms with E-state index in [9.17, 15) is 0 Å². The summed E-state index contributed by atoms with van der Waals surface area (Å²) >= 11 is 0. The number of hydrogen-bond acceptors (Lipinski definition) is 2. The molecule has 1 aromatic heterocycles. The van der Waals surface area contributed by atoms with Gasteiger partial charge in [-0.25, -0.2) is 4.98 Å². The molecule has 0 unspecified atom stereocenters. The maximum Gasteiger partial charge on any atom is 0.125 e. The summed E-state index contributed by atoms with van der Waals surface area (Å²) in [5, 5.41) is 3.36. The van der Waals surface area contributed by atoms with Gasteiger partial charge in [0.05, 0.1) is 6.54 Å². The highest BCUT2D eigenvalue weighted by Gasteiger charge is 1.99. The molecule has 94 valence electrons. The molecule has 2 aromatic carbocycles. The molecule has 0 atom stereocenters. The van der Waals surface area contributed by atoms with Crippen LogP contribution < -0.4 is 5.32 Å². The Morgan fingerprint density at radius 2 is 1.79 bits per heavy atom. The van der Waals surface area contributed by atoms with Crippen molar-refractivity contribution in [3.05, 3.63) is 72.8 Å². The predicted octanol–water partition coefficient (Wildman–Crippen LogP) is 3.69. The van der Waals surface area contributed by atoms with Crippen LogP contribution in [0.1, 0.15) is 5.82 Å². The second-order valence-corrected chi connectivity index (χ2v) is 4.34. The third-order valence-corrected chi connectivity index (χ3v) is 2.98. The number of H-pyrrole nitrogens is 1. The smallest absolute Gasteiger partial charge is 0.125 e. The van der Waals surface area contributed by atoms with Crippen molar-refractivity contribution in [3.8, 4) is 11.1 Å². The monoisotopic (exact) mass is 249 g/mol.